The number of allylic oxidation sites excluding steroid dienone is 2. The maximum Gasteiger partial charge on any atom is 0.157 e. The third kappa shape index (κ3) is 8.71. The van der Waals surface area contributed by atoms with Gasteiger partial charge in [0.15, 0.2) is 6.29 Å². The predicted octanol–water partition coefficient (Wildman–Crippen LogP) is 4.84. The van der Waals surface area contributed by atoms with Gasteiger partial charge in [0.1, 0.15) is 0 Å². The van der Waals surface area contributed by atoms with E-state index in [9.17, 15) is 0 Å². The van der Waals surface area contributed by atoms with Crippen molar-refractivity contribution in [2.75, 3.05) is 13.2 Å². The summed E-state index contributed by atoms with van der Waals surface area (Å²) in [6.07, 6.45) is 17.1. The Morgan fingerprint density at radius 1 is 1.06 bits per heavy atom. The first-order chi connectivity index (χ1) is 8.93. The molecule has 0 bridgehead atoms. The third-order valence-corrected chi connectivity index (χ3v) is 3.35. The number of hydrogen-bond donors (Lipinski definition) is 0. The molecule has 0 aliphatic carbocycles. The Balaban J connectivity index is 1.79. The minimum Gasteiger partial charge on any atom is -0.353 e. The summed E-state index contributed by atoms with van der Waals surface area (Å²) in [4.78, 5) is 0. The average molecular weight is 254 g/mol. The van der Waals surface area contributed by atoms with Crippen molar-refractivity contribution < 1.29 is 9.47 Å². The van der Waals surface area contributed by atoms with E-state index >= 15 is 0 Å². The standard InChI is InChI=1S/C16H30O2/c1-2-3-4-5-6-7-8-9-11-14-17-16-13-10-12-15-18-16/h5-6,16H,2-4,7-15H2,1H3/b6-5-. The SMILES string of the molecule is CCCC/C=C\CCCCCOC1CCCCO1. The summed E-state index contributed by atoms with van der Waals surface area (Å²) < 4.78 is 11.2. The zero-order valence-corrected chi connectivity index (χ0v) is 12.0. The van der Waals surface area contributed by atoms with Gasteiger partial charge in [-0.15, -0.1) is 0 Å². The lowest BCUT2D eigenvalue weighted by atomic mass is 10.1. The van der Waals surface area contributed by atoms with E-state index in [1.807, 2.05) is 0 Å². The van der Waals surface area contributed by atoms with Crippen molar-refractivity contribution in [3.63, 3.8) is 0 Å². The summed E-state index contributed by atoms with van der Waals surface area (Å²) in [6.45, 7) is 3.99. The molecular formula is C16H30O2. The maximum absolute atomic E-state index is 5.70. The van der Waals surface area contributed by atoms with Gasteiger partial charge in [-0.2, -0.15) is 0 Å². The van der Waals surface area contributed by atoms with E-state index in [2.05, 4.69) is 19.1 Å². The normalized spacial score (nSPS) is 20.6. The van der Waals surface area contributed by atoms with Crippen molar-refractivity contribution in [1.82, 2.24) is 0 Å². The van der Waals surface area contributed by atoms with Crippen LogP contribution in [-0.2, 0) is 9.47 Å². The van der Waals surface area contributed by atoms with E-state index in [1.165, 1.54) is 57.8 Å². The molecule has 1 saturated heterocycles. The fourth-order valence-electron chi connectivity index (χ4n) is 2.16. The van der Waals surface area contributed by atoms with Gasteiger partial charge in [-0.1, -0.05) is 38.3 Å². The number of ether oxygens (including phenoxy) is 2. The van der Waals surface area contributed by atoms with Crippen LogP contribution in [0.4, 0.5) is 0 Å². The smallest absolute Gasteiger partial charge is 0.157 e. The van der Waals surface area contributed by atoms with Gasteiger partial charge < -0.3 is 9.47 Å². The first kappa shape index (κ1) is 15.7. The van der Waals surface area contributed by atoms with Crippen LogP contribution in [0.5, 0.6) is 0 Å². The van der Waals surface area contributed by atoms with Crippen LogP contribution < -0.4 is 0 Å². The zero-order chi connectivity index (χ0) is 12.9. The van der Waals surface area contributed by atoms with Crippen LogP contribution in [-0.4, -0.2) is 19.5 Å². The maximum atomic E-state index is 5.70. The highest BCUT2D eigenvalue weighted by atomic mass is 16.7. The fourth-order valence-corrected chi connectivity index (χ4v) is 2.16. The van der Waals surface area contributed by atoms with Gasteiger partial charge >= 0.3 is 0 Å². The first-order valence-corrected chi connectivity index (χ1v) is 7.81. The predicted molar refractivity (Wildman–Crippen MR) is 76.7 cm³/mol. The van der Waals surface area contributed by atoms with Crippen molar-refractivity contribution in [1.29, 1.82) is 0 Å². The van der Waals surface area contributed by atoms with Crippen molar-refractivity contribution in [3.05, 3.63) is 12.2 Å². The molecule has 0 N–H and O–H groups in total. The Bertz CT molecular complexity index is 195. The van der Waals surface area contributed by atoms with E-state index in [0.29, 0.717) is 0 Å². The van der Waals surface area contributed by atoms with Crippen LogP contribution in [0.3, 0.4) is 0 Å². The van der Waals surface area contributed by atoms with Crippen molar-refractivity contribution in [3.8, 4) is 0 Å². The molecule has 1 atom stereocenters. The van der Waals surface area contributed by atoms with E-state index in [1.54, 1.807) is 0 Å². The Hall–Kier alpha value is -0.340. The minimum atomic E-state index is 0.0905. The monoisotopic (exact) mass is 254 g/mol. The molecule has 1 rings (SSSR count). The third-order valence-electron chi connectivity index (χ3n) is 3.35. The van der Waals surface area contributed by atoms with E-state index in [-0.39, 0.29) is 6.29 Å². The van der Waals surface area contributed by atoms with Crippen molar-refractivity contribution in [2.24, 2.45) is 0 Å². The highest BCUT2D eigenvalue weighted by Crippen LogP contribution is 2.14. The molecule has 1 fully saturated rings. The summed E-state index contributed by atoms with van der Waals surface area (Å²) in [7, 11) is 0. The van der Waals surface area contributed by atoms with Gasteiger partial charge in [0.25, 0.3) is 0 Å². The molecular weight excluding hydrogens is 224 g/mol. The molecule has 0 aromatic rings. The number of hydrogen-bond acceptors (Lipinski definition) is 2. The molecule has 18 heavy (non-hydrogen) atoms. The average Bonchev–Trinajstić information content (AvgIpc) is 2.42. The fraction of sp³-hybridized carbons (Fsp3) is 0.875. The Morgan fingerprint density at radius 3 is 2.61 bits per heavy atom. The molecule has 2 heteroatoms. The van der Waals surface area contributed by atoms with Crippen LogP contribution in [0.2, 0.25) is 0 Å². The lowest BCUT2D eigenvalue weighted by Crippen LogP contribution is -2.22. The molecule has 2 nitrogen and oxygen atoms in total. The molecule has 1 unspecified atom stereocenters. The molecule has 0 saturated carbocycles. The Labute approximate surface area is 113 Å². The Kier molecular flexibility index (Phi) is 10.2. The Morgan fingerprint density at radius 2 is 1.89 bits per heavy atom. The second-order valence-corrected chi connectivity index (χ2v) is 5.13. The molecule has 0 amide bonds. The number of rotatable bonds is 10. The van der Waals surface area contributed by atoms with Crippen LogP contribution in [0.15, 0.2) is 12.2 Å². The van der Waals surface area contributed by atoms with Crippen LogP contribution >= 0.6 is 0 Å². The van der Waals surface area contributed by atoms with Crippen LogP contribution in [0.25, 0.3) is 0 Å². The van der Waals surface area contributed by atoms with Gasteiger partial charge in [0, 0.05) is 13.2 Å². The molecule has 106 valence electrons. The lowest BCUT2D eigenvalue weighted by molar-refractivity contribution is -0.162. The van der Waals surface area contributed by atoms with Crippen LogP contribution in [0, 0.1) is 0 Å². The van der Waals surface area contributed by atoms with E-state index in [0.717, 1.165) is 19.6 Å². The second kappa shape index (κ2) is 11.7. The zero-order valence-electron chi connectivity index (χ0n) is 12.0. The van der Waals surface area contributed by atoms with E-state index < -0.39 is 0 Å². The van der Waals surface area contributed by atoms with Gasteiger partial charge in [0.2, 0.25) is 0 Å². The summed E-state index contributed by atoms with van der Waals surface area (Å²) in [5.74, 6) is 0. The van der Waals surface area contributed by atoms with Crippen molar-refractivity contribution in [2.45, 2.75) is 77.4 Å². The highest BCUT2D eigenvalue weighted by molar-refractivity contribution is 4.81. The summed E-state index contributed by atoms with van der Waals surface area (Å²) in [6, 6.07) is 0. The summed E-state index contributed by atoms with van der Waals surface area (Å²) in [5, 5.41) is 0. The minimum absolute atomic E-state index is 0.0905. The van der Waals surface area contributed by atoms with Gasteiger partial charge in [-0.3, -0.25) is 0 Å². The van der Waals surface area contributed by atoms with E-state index in [4.69, 9.17) is 9.47 Å². The number of unbranched alkanes of at least 4 members (excludes halogenated alkanes) is 5. The largest absolute Gasteiger partial charge is 0.353 e. The lowest BCUT2D eigenvalue weighted by Gasteiger charge is -2.22. The molecule has 1 aliphatic rings. The summed E-state index contributed by atoms with van der Waals surface area (Å²) in [5.41, 5.74) is 0. The molecule has 0 spiro atoms. The molecule has 0 aromatic carbocycles. The quantitative estimate of drug-likeness (QED) is 0.410. The van der Waals surface area contributed by atoms with Gasteiger partial charge in [0.05, 0.1) is 0 Å². The second-order valence-electron chi connectivity index (χ2n) is 5.13. The first-order valence-electron chi connectivity index (χ1n) is 7.81. The highest BCUT2D eigenvalue weighted by Gasteiger charge is 2.12. The van der Waals surface area contributed by atoms with Gasteiger partial charge in [-0.25, -0.2) is 0 Å². The summed E-state index contributed by atoms with van der Waals surface area (Å²) >= 11 is 0. The van der Waals surface area contributed by atoms with Crippen molar-refractivity contribution >= 4 is 0 Å². The van der Waals surface area contributed by atoms with Gasteiger partial charge in [-0.05, 0) is 44.9 Å². The van der Waals surface area contributed by atoms with Crippen LogP contribution in [0.1, 0.15) is 71.1 Å². The molecule has 1 aliphatic heterocycles. The molecule has 1 heterocycles. The molecule has 0 aromatic heterocycles. The topological polar surface area (TPSA) is 18.5 Å². The molecule has 0 radical (unpaired) electrons.